The Balaban J connectivity index is 2.22. The fourth-order valence-electron chi connectivity index (χ4n) is 2.09. The van der Waals surface area contributed by atoms with Gasteiger partial charge in [0.05, 0.1) is 6.20 Å². The van der Waals surface area contributed by atoms with Gasteiger partial charge in [0.2, 0.25) is 0 Å². The van der Waals surface area contributed by atoms with Crippen LogP contribution < -0.4 is 0 Å². The van der Waals surface area contributed by atoms with Crippen LogP contribution in [0.4, 0.5) is 0 Å². The zero-order valence-electron chi connectivity index (χ0n) is 8.76. The number of hydrogen-bond donors (Lipinski definition) is 1. The summed E-state index contributed by atoms with van der Waals surface area (Å²) in [5, 5.41) is 13.2. The van der Waals surface area contributed by atoms with Gasteiger partial charge >= 0.3 is 5.97 Å². The second-order valence-corrected chi connectivity index (χ2v) is 3.93. The predicted molar refractivity (Wildman–Crippen MR) is 54.4 cm³/mol. The Morgan fingerprint density at radius 3 is 2.67 bits per heavy atom. The summed E-state index contributed by atoms with van der Waals surface area (Å²) >= 11 is 0. The Labute approximate surface area is 88.3 Å². The molecule has 1 aromatic rings. The van der Waals surface area contributed by atoms with Crippen molar-refractivity contribution >= 4 is 5.97 Å². The topological polar surface area (TPSA) is 58.4 Å². The molecule has 0 radical (unpaired) electrons. The number of likely N-dealkylation sites (tertiary alicyclic amines) is 1. The van der Waals surface area contributed by atoms with Crippen molar-refractivity contribution in [3.63, 3.8) is 0 Å². The van der Waals surface area contributed by atoms with E-state index in [2.05, 4.69) is 5.10 Å². The minimum absolute atomic E-state index is 0.527. The first-order valence-corrected chi connectivity index (χ1v) is 5.14. The molecule has 1 aromatic heterocycles. The Bertz CT molecular complexity index is 355. The quantitative estimate of drug-likeness (QED) is 0.793. The van der Waals surface area contributed by atoms with E-state index < -0.39 is 12.0 Å². The second-order valence-electron chi connectivity index (χ2n) is 3.93. The molecule has 0 aliphatic carbocycles. The number of aliphatic carboxylic acids is 1. The third-order valence-electron chi connectivity index (χ3n) is 2.78. The third-order valence-corrected chi connectivity index (χ3v) is 2.78. The Kier molecular flexibility index (Phi) is 2.73. The smallest absolute Gasteiger partial charge is 0.325 e. The van der Waals surface area contributed by atoms with E-state index in [-0.39, 0.29) is 0 Å². The van der Waals surface area contributed by atoms with Crippen LogP contribution in [0.3, 0.4) is 0 Å². The van der Waals surface area contributed by atoms with Crippen molar-refractivity contribution in [2.45, 2.75) is 18.9 Å². The molecule has 15 heavy (non-hydrogen) atoms. The fraction of sp³-hybridized carbons (Fsp3) is 0.600. The summed E-state index contributed by atoms with van der Waals surface area (Å²) in [6.07, 6.45) is 5.59. The van der Waals surface area contributed by atoms with E-state index in [1.54, 1.807) is 24.1 Å². The largest absolute Gasteiger partial charge is 0.480 e. The lowest BCUT2D eigenvalue weighted by atomic mass is 10.1. The molecule has 1 fully saturated rings. The summed E-state index contributed by atoms with van der Waals surface area (Å²) in [5.41, 5.74) is 0.770. The van der Waals surface area contributed by atoms with Crippen molar-refractivity contribution in [1.29, 1.82) is 0 Å². The maximum Gasteiger partial charge on any atom is 0.325 e. The summed E-state index contributed by atoms with van der Waals surface area (Å²) in [4.78, 5) is 13.2. The molecule has 2 heterocycles. The first-order valence-electron chi connectivity index (χ1n) is 5.14. The average molecular weight is 209 g/mol. The van der Waals surface area contributed by atoms with Gasteiger partial charge in [-0.1, -0.05) is 0 Å². The van der Waals surface area contributed by atoms with Gasteiger partial charge in [-0.15, -0.1) is 0 Å². The number of carboxylic acid groups (broad SMARTS) is 1. The van der Waals surface area contributed by atoms with Gasteiger partial charge in [0.15, 0.2) is 0 Å². The molecular formula is C10H15N3O2. The molecule has 82 valence electrons. The molecule has 5 nitrogen and oxygen atoms in total. The van der Waals surface area contributed by atoms with Crippen LogP contribution >= 0.6 is 0 Å². The molecule has 1 aliphatic heterocycles. The first kappa shape index (κ1) is 10.2. The minimum atomic E-state index is -0.787. The maximum atomic E-state index is 11.2. The van der Waals surface area contributed by atoms with Gasteiger partial charge in [-0.25, -0.2) is 0 Å². The third kappa shape index (κ3) is 2.02. The fourth-order valence-corrected chi connectivity index (χ4v) is 2.09. The monoisotopic (exact) mass is 209 g/mol. The van der Waals surface area contributed by atoms with Crippen LogP contribution in [-0.2, 0) is 11.8 Å². The van der Waals surface area contributed by atoms with Gasteiger partial charge in [-0.2, -0.15) is 5.10 Å². The van der Waals surface area contributed by atoms with Crippen LogP contribution in [0.25, 0.3) is 0 Å². The highest BCUT2D eigenvalue weighted by atomic mass is 16.4. The number of carboxylic acids is 1. The van der Waals surface area contributed by atoms with Crippen LogP contribution in [0, 0.1) is 0 Å². The molecule has 1 saturated heterocycles. The highest BCUT2D eigenvalue weighted by Crippen LogP contribution is 2.24. The second kappa shape index (κ2) is 4.02. The highest BCUT2D eigenvalue weighted by molar-refractivity contribution is 5.75. The van der Waals surface area contributed by atoms with Gasteiger partial charge < -0.3 is 5.11 Å². The zero-order chi connectivity index (χ0) is 10.8. The van der Waals surface area contributed by atoms with Crippen molar-refractivity contribution in [3.8, 4) is 0 Å². The normalized spacial score (nSPS) is 19.3. The van der Waals surface area contributed by atoms with Gasteiger partial charge in [-0.05, 0) is 25.9 Å². The number of aryl methyl sites for hydroxylation is 1. The lowest BCUT2D eigenvalue weighted by Gasteiger charge is -2.22. The summed E-state index contributed by atoms with van der Waals surface area (Å²) in [6, 6.07) is -0.527. The first-order chi connectivity index (χ1) is 7.18. The van der Waals surface area contributed by atoms with Gasteiger partial charge in [0.25, 0.3) is 0 Å². The molecule has 1 atom stereocenters. The van der Waals surface area contributed by atoms with E-state index in [0.717, 1.165) is 31.5 Å². The van der Waals surface area contributed by atoms with Crippen LogP contribution in [0.2, 0.25) is 0 Å². The molecule has 1 aliphatic rings. The van der Waals surface area contributed by atoms with Crippen LogP contribution in [0.5, 0.6) is 0 Å². The molecular weight excluding hydrogens is 194 g/mol. The number of carbonyl (C=O) groups is 1. The van der Waals surface area contributed by atoms with Gasteiger partial charge in [-0.3, -0.25) is 14.4 Å². The van der Waals surface area contributed by atoms with Crippen molar-refractivity contribution in [2.75, 3.05) is 13.1 Å². The van der Waals surface area contributed by atoms with Crippen LogP contribution in [-0.4, -0.2) is 38.8 Å². The minimum Gasteiger partial charge on any atom is -0.480 e. The number of rotatable bonds is 3. The van der Waals surface area contributed by atoms with Crippen molar-refractivity contribution in [1.82, 2.24) is 14.7 Å². The number of aromatic nitrogens is 2. The Morgan fingerprint density at radius 1 is 1.53 bits per heavy atom. The molecule has 5 heteroatoms. The van der Waals surface area contributed by atoms with E-state index in [0.29, 0.717) is 0 Å². The molecule has 1 N–H and O–H groups in total. The average Bonchev–Trinajstić information content (AvgIpc) is 2.77. The number of hydrogen-bond acceptors (Lipinski definition) is 3. The lowest BCUT2D eigenvalue weighted by Crippen LogP contribution is -2.31. The zero-order valence-corrected chi connectivity index (χ0v) is 8.76. The van der Waals surface area contributed by atoms with E-state index in [4.69, 9.17) is 0 Å². The summed E-state index contributed by atoms with van der Waals surface area (Å²) in [7, 11) is 1.80. The summed E-state index contributed by atoms with van der Waals surface area (Å²) in [5.74, 6) is -0.787. The Morgan fingerprint density at radius 2 is 2.20 bits per heavy atom. The molecule has 2 rings (SSSR count). The molecule has 0 aromatic carbocycles. The molecule has 0 spiro atoms. The summed E-state index contributed by atoms with van der Waals surface area (Å²) in [6.45, 7) is 1.73. The van der Waals surface area contributed by atoms with Crippen molar-refractivity contribution < 1.29 is 9.90 Å². The SMILES string of the molecule is Cn1cc([C@@H](C(=O)O)N2CCCC2)cn1. The van der Waals surface area contributed by atoms with E-state index >= 15 is 0 Å². The maximum absolute atomic E-state index is 11.2. The predicted octanol–water partition coefficient (Wildman–Crippen LogP) is 0.642. The molecule has 0 saturated carbocycles. The van der Waals surface area contributed by atoms with E-state index in [9.17, 15) is 9.90 Å². The standard InChI is InChI=1S/C10H15N3O2/c1-12-7-8(6-11-12)9(10(14)15)13-4-2-3-5-13/h6-7,9H,2-5H2,1H3,(H,14,15)/t9-/m0/s1. The van der Waals surface area contributed by atoms with Crippen molar-refractivity contribution in [2.24, 2.45) is 7.05 Å². The number of nitrogens with zero attached hydrogens (tertiary/aromatic N) is 3. The summed E-state index contributed by atoms with van der Waals surface area (Å²) < 4.78 is 1.64. The van der Waals surface area contributed by atoms with Crippen molar-refractivity contribution in [3.05, 3.63) is 18.0 Å². The lowest BCUT2D eigenvalue weighted by molar-refractivity contribution is -0.143. The highest BCUT2D eigenvalue weighted by Gasteiger charge is 2.30. The Hall–Kier alpha value is -1.36. The molecule has 0 amide bonds. The van der Waals surface area contributed by atoms with Crippen LogP contribution in [0.1, 0.15) is 24.4 Å². The van der Waals surface area contributed by atoms with Gasteiger partial charge in [0.1, 0.15) is 6.04 Å². The molecule has 0 bridgehead atoms. The van der Waals surface area contributed by atoms with E-state index in [1.807, 2.05) is 4.90 Å². The van der Waals surface area contributed by atoms with E-state index in [1.165, 1.54) is 0 Å². The van der Waals surface area contributed by atoms with Crippen LogP contribution in [0.15, 0.2) is 12.4 Å². The van der Waals surface area contributed by atoms with Gasteiger partial charge in [0, 0.05) is 18.8 Å². The molecule has 0 unspecified atom stereocenters.